The third kappa shape index (κ3) is 1.89. The highest BCUT2D eigenvalue weighted by Gasteiger charge is 2.31. The topological polar surface area (TPSA) is 41.5 Å². The lowest BCUT2D eigenvalue weighted by Gasteiger charge is -2.17. The molecular formula is C11H15NO2. The Morgan fingerprint density at radius 3 is 2.86 bits per heavy atom. The van der Waals surface area contributed by atoms with E-state index < -0.39 is 0 Å². The molecule has 1 aliphatic heterocycles. The third-order valence-corrected chi connectivity index (χ3v) is 2.32. The van der Waals surface area contributed by atoms with Gasteiger partial charge in [-0.1, -0.05) is 12.1 Å². The Morgan fingerprint density at radius 1 is 1.50 bits per heavy atom. The van der Waals surface area contributed by atoms with Crippen molar-refractivity contribution in [1.29, 1.82) is 0 Å². The Morgan fingerprint density at radius 2 is 2.29 bits per heavy atom. The SMILES string of the molecule is CC1(C)CNC(c2cccc(O)c2)O1. The number of rotatable bonds is 1. The van der Waals surface area contributed by atoms with E-state index in [9.17, 15) is 5.11 Å². The summed E-state index contributed by atoms with van der Waals surface area (Å²) in [6, 6.07) is 7.14. The average molecular weight is 193 g/mol. The predicted octanol–water partition coefficient (Wildman–Crippen LogP) is 1.79. The largest absolute Gasteiger partial charge is 0.508 e. The van der Waals surface area contributed by atoms with Crippen LogP contribution in [0.2, 0.25) is 0 Å². The molecule has 1 atom stereocenters. The van der Waals surface area contributed by atoms with Crippen molar-refractivity contribution in [3.63, 3.8) is 0 Å². The maximum Gasteiger partial charge on any atom is 0.135 e. The molecule has 0 aliphatic carbocycles. The molecule has 0 spiro atoms. The van der Waals surface area contributed by atoms with Gasteiger partial charge in [-0.15, -0.1) is 0 Å². The van der Waals surface area contributed by atoms with E-state index in [2.05, 4.69) is 5.32 Å². The summed E-state index contributed by atoms with van der Waals surface area (Å²) < 4.78 is 5.77. The first-order valence-electron chi connectivity index (χ1n) is 4.77. The smallest absolute Gasteiger partial charge is 0.135 e. The second-order valence-electron chi connectivity index (χ2n) is 4.23. The Labute approximate surface area is 83.7 Å². The lowest BCUT2D eigenvalue weighted by molar-refractivity contribution is -0.0156. The summed E-state index contributed by atoms with van der Waals surface area (Å²) in [5.41, 5.74) is 0.839. The normalized spacial score (nSPS) is 25.1. The molecule has 3 nitrogen and oxygen atoms in total. The number of phenols is 1. The lowest BCUT2D eigenvalue weighted by atomic mass is 10.1. The van der Waals surface area contributed by atoms with Crippen molar-refractivity contribution in [2.24, 2.45) is 0 Å². The van der Waals surface area contributed by atoms with Crippen LogP contribution in [0.5, 0.6) is 5.75 Å². The van der Waals surface area contributed by atoms with Crippen LogP contribution in [0.15, 0.2) is 24.3 Å². The highest BCUT2D eigenvalue weighted by molar-refractivity contribution is 5.28. The number of nitrogens with one attached hydrogen (secondary N) is 1. The molecule has 14 heavy (non-hydrogen) atoms. The van der Waals surface area contributed by atoms with Gasteiger partial charge in [0.05, 0.1) is 5.60 Å². The van der Waals surface area contributed by atoms with Crippen LogP contribution in [0, 0.1) is 0 Å². The first kappa shape index (κ1) is 9.49. The number of ether oxygens (including phenoxy) is 1. The molecule has 1 heterocycles. The maximum absolute atomic E-state index is 9.32. The standard InChI is InChI=1S/C11H15NO2/c1-11(2)7-12-10(14-11)8-4-3-5-9(13)6-8/h3-6,10,12-13H,7H2,1-2H3. The molecule has 0 radical (unpaired) electrons. The summed E-state index contributed by atoms with van der Waals surface area (Å²) >= 11 is 0. The van der Waals surface area contributed by atoms with Crippen molar-refractivity contribution in [2.45, 2.75) is 25.7 Å². The van der Waals surface area contributed by atoms with Crippen molar-refractivity contribution >= 4 is 0 Å². The summed E-state index contributed by atoms with van der Waals surface area (Å²) in [7, 11) is 0. The molecule has 1 aromatic carbocycles. The van der Waals surface area contributed by atoms with E-state index >= 15 is 0 Å². The first-order valence-corrected chi connectivity index (χ1v) is 4.77. The van der Waals surface area contributed by atoms with E-state index in [4.69, 9.17) is 4.74 Å². The van der Waals surface area contributed by atoms with Gasteiger partial charge < -0.3 is 9.84 Å². The highest BCUT2D eigenvalue weighted by atomic mass is 16.5. The van der Waals surface area contributed by atoms with Crippen LogP contribution in [-0.2, 0) is 4.74 Å². The molecule has 2 N–H and O–H groups in total. The third-order valence-electron chi connectivity index (χ3n) is 2.32. The molecule has 1 aromatic rings. The zero-order valence-corrected chi connectivity index (χ0v) is 8.45. The Bertz CT molecular complexity index is 336. The minimum absolute atomic E-state index is 0.0999. The molecule has 1 unspecified atom stereocenters. The summed E-state index contributed by atoms with van der Waals surface area (Å²) in [6.07, 6.45) is -0.0999. The van der Waals surface area contributed by atoms with Crippen LogP contribution >= 0.6 is 0 Å². The van der Waals surface area contributed by atoms with Crippen LogP contribution in [0.3, 0.4) is 0 Å². The molecule has 0 aromatic heterocycles. The molecule has 2 rings (SSSR count). The van der Waals surface area contributed by atoms with Gasteiger partial charge in [-0.25, -0.2) is 0 Å². The number of aromatic hydroxyl groups is 1. The summed E-state index contributed by atoms with van der Waals surface area (Å²) in [6.45, 7) is 4.92. The van der Waals surface area contributed by atoms with Gasteiger partial charge in [-0.05, 0) is 31.5 Å². The van der Waals surface area contributed by atoms with Gasteiger partial charge in [-0.3, -0.25) is 5.32 Å². The van der Waals surface area contributed by atoms with E-state index in [-0.39, 0.29) is 17.6 Å². The molecule has 0 amide bonds. The van der Waals surface area contributed by atoms with Crippen LogP contribution in [0.1, 0.15) is 25.6 Å². The zero-order valence-electron chi connectivity index (χ0n) is 8.45. The minimum atomic E-state index is -0.129. The Kier molecular flexibility index (Phi) is 2.21. The predicted molar refractivity (Wildman–Crippen MR) is 54.0 cm³/mol. The Balaban J connectivity index is 2.17. The van der Waals surface area contributed by atoms with Gasteiger partial charge in [0.1, 0.15) is 12.0 Å². The van der Waals surface area contributed by atoms with Gasteiger partial charge in [0.15, 0.2) is 0 Å². The number of benzene rings is 1. The molecule has 1 aliphatic rings. The van der Waals surface area contributed by atoms with E-state index in [0.29, 0.717) is 0 Å². The molecule has 0 bridgehead atoms. The van der Waals surface area contributed by atoms with Crippen molar-refractivity contribution < 1.29 is 9.84 Å². The molecule has 76 valence electrons. The first-order chi connectivity index (χ1) is 6.57. The second kappa shape index (κ2) is 3.26. The highest BCUT2D eigenvalue weighted by Crippen LogP contribution is 2.28. The maximum atomic E-state index is 9.32. The summed E-state index contributed by atoms with van der Waals surface area (Å²) in [4.78, 5) is 0. The van der Waals surface area contributed by atoms with Crippen molar-refractivity contribution in [3.8, 4) is 5.75 Å². The molecular weight excluding hydrogens is 178 g/mol. The van der Waals surface area contributed by atoms with Gasteiger partial charge in [0.2, 0.25) is 0 Å². The lowest BCUT2D eigenvalue weighted by Crippen LogP contribution is -2.23. The molecule has 1 fully saturated rings. The van der Waals surface area contributed by atoms with Gasteiger partial charge in [0.25, 0.3) is 0 Å². The fourth-order valence-electron chi connectivity index (χ4n) is 1.61. The fourth-order valence-corrected chi connectivity index (χ4v) is 1.61. The van der Waals surface area contributed by atoms with E-state index in [0.717, 1.165) is 12.1 Å². The number of hydrogen-bond donors (Lipinski definition) is 2. The van der Waals surface area contributed by atoms with E-state index in [1.165, 1.54) is 0 Å². The second-order valence-corrected chi connectivity index (χ2v) is 4.23. The number of phenolic OH excluding ortho intramolecular Hbond substituents is 1. The average Bonchev–Trinajstić information content (AvgIpc) is 2.46. The molecule has 1 saturated heterocycles. The van der Waals surface area contributed by atoms with Gasteiger partial charge in [0, 0.05) is 6.54 Å². The summed E-state index contributed by atoms with van der Waals surface area (Å²) in [5.74, 6) is 0.276. The number of hydrogen-bond acceptors (Lipinski definition) is 3. The minimum Gasteiger partial charge on any atom is -0.508 e. The molecule has 0 saturated carbocycles. The van der Waals surface area contributed by atoms with Crippen LogP contribution in [0.4, 0.5) is 0 Å². The Hall–Kier alpha value is -1.06. The van der Waals surface area contributed by atoms with Crippen LogP contribution in [0.25, 0.3) is 0 Å². The van der Waals surface area contributed by atoms with Crippen LogP contribution < -0.4 is 5.32 Å². The van der Waals surface area contributed by atoms with Crippen molar-refractivity contribution in [2.75, 3.05) is 6.54 Å². The van der Waals surface area contributed by atoms with Crippen molar-refractivity contribution in [3.05, 3.63) is 29.8 Å². The van der Waals surface area contributed by atoms with Crippen molar-refractivity contribution in [1.82, 2.24) is 5.32 Å². The van der Waals surface area contributed by atoms with Gasteiger partial charge in [-0.2, -0.15) is 0 Å². The van der Waals surface area contributed by atoms with Crippen LogP contribution in [-0.4, -0.2) is 17.3 Å². The quantitative estimate of drug-likeness (QED) is 0.714. The monoisotopic (exact) mass is 193 g/mol. The van der Waals surface area contributed by atoms with E-state index in [1.54, 1.807) is 12.1 Å². The molecule has 3 heteroatoms. The fraction of sp³-hybridized carbons (Fsp3) is 0.455. The summed E-state index contributed by atoms with van der Waals surface area (Å²) in [5, 5.41) is 12.6. The zero-order chi connectivity index (χ0) is 10.2. The van der Waals surface area contributed by atoms with Gasteiger partial charge >= 0.3 is 0 Å². The van der Waals surface area contributed by atoms with E-state index in [1.807, 2.05) is 26.0 Å².